The summed E-state index contributed by atoms with van der Waals surface area (Å²) in [6, 6.07) is 25.5. The van der Waals surface area contributed by atoms with Crippen molar-refractivity contribution < 1.29 is 22.6 Å². The molecule has 0 aliphatic rings. The third kappa shape index (κ3) is 5.87. The molecular formula is C30H20F3N7O2. The average Bonchev–Trinajstić information content (AvgIpc) is 2.98. The number of anilines is 3. The highest BCUT2D eigenvalue weighted by atomic mass is 19.4. The molecule has 0 spiro atoms. The number of benzene rings is 3. The Morgan fingerprint density at radius 2 is 1.55 bits per heavy atom. The first-order chi connectivity index (χ1) is 20.3. The van der Waals surface area contributed by atoms with E-state index in [9.17, 15) is 13.2 Å². The van der Waals surface area contributed by atoms with Crippen LogP contribution in [0.3, 0.4) is 0 Å². The van der Waals surface area contributed by atoms with E-state index in [2.05, 4.69) is 35.2 Å². The lowest BCUT2D eigenvalue weighted by atomic mass is 10.0. The number of nitrogens with zero attached hydrogens (tertiary/aromatic N) is 5. The molecule has 0 aliphatic carbocycles. The van der Waals surface area contributed by atoms with Gasteiger partial charge in [-0.3, -0.25) is 0 Å². The number of alkyl halides is 3. The van der Waals surface area contributed by atoms with Gasteiger partial charge in [0.25, 0.3) is 0 Å². The van der Waals surface area contributed by atoms with Gasteiger partial charge in [-0.15, -0.1) is 23.4 Å². The normalized spacial score (nSPS) is 11.3. The maximum Gasteiger partial charge on any atom is 0.573 e. The van der Waals surface area contributed by atoms with Gasteiger partial charge >= 0.3 is 6.36 Å². The van der Waals surface area contributed by atoms with Gasteiger partial charge in [-0.1, -0.05) is 36.4 Å². The third-order valence-electron chi connectivity index (χ3n) is 6.08. The second kappa shape index (κ2) is 11.0. The molecular weight excluding hydrogens is 547 g/mol. The molecule has 3 aromatic carbocycles. The number of ether oxygens (including phenoxy) is 2. The van der Waals surface area contributed by atoms with Gasteiger partial charge in [0.15, 0.2) is 5.82 Å². The Morgan fingerprint density at radius 1 is 0.738 bits per heavy atom. The molecule has 0 saturated heterocycles. The first-order valence-electron chi connectivity index (χ1n) is 12.5. The summed E-state index contributed by atoms with van der Waals surface area (Å²) in [5, 5.41) is 13.3. The number of hydrogen-bond donors (Lipinski definition) is 2. The molecule has 0 radical (unpaired) electrons. The highest BCUT2D eigenvalue weighted by Gasteiger charge is 2.31. The van der Waals surface area contributed by atoms with Crippen molar-refractivity contribution in [2.24, 2.45) is 0 Å². The van der Waals surface area contributed by atoms with Gasteiger partial charge in [-0.25, -0.2) is 15.0 Å². The lowest BCUT2D eigenvalue weighted by Gasteiger charge is -2.13. The maximum atomic E-state index is 12.7. The molecule has 3 heterocycles. The van der Waals surface area contributed by atoms with E-state index in [1.54, 1.807) is 42.7 Å². The van der Waals surface area contributed by atoms with Gasteiger partial charge in [0.1, 0.15) is 17.2 Å². The average molecular weight is 568 g/mol. The monoisotopic (exact) mass is 567 g/mol. The molecule has 0 atom stereocenters. The van der Waals surface area contributed by atoms with Crippen LogP contribution in [-0.4, -0.2) is 31.5 Å². The Kier molecular flexibility index (Phi) is 6.93. The molecule has 3 N–H and O–H groups in total. The summed E-state index contributed by atoms with van der Waals surface area (Å²) >= 11 is 0. The second-order valence-electron chi connectivity index (χ2n) is 8.93. The molecule has 0 aliphatic heterocycles. The van der Waals surface area contributed by atoms with Gasteiger partial charge in [0.2, 0.25) is 11.8 Å². The van der Waals surface area contributed by atoms with Crippen LogP contribution in [0.1, 0.15) is 0 Å². The van der Waals surface area contributed by atoms with E-state index in [-0.39, 0.29) is 11.7 Å². The fourth-order valence-corrected chi connectivity index (χ4v) is 4.30. The highest BCUT2D eigenvalue weighted by molar-refractivity contribution is 6.00. The fourth-order valence-electron chi connectivity index (χ4n) is 4.30. The van der Waals surface area contributed by atoms with Crippen LogP contribution < -0.4 is 20.5 Å². The van der Waals surface area contributed by atoms with Crippen LogP contribution in [0.4, 0.5) is 30.6 Å². The van der Waals surface area contributed by atoms with E-state index in [0.29, 0.717) is 51.0 Å². The Morgan fingerprint density at radius 3 is 2.33 bits per heavy atom. The van der Waals surface area contributed by atoms with Crippen molar-refractivity contribution in [1.29, 1.82) is 0 Å². The quantitative estimate of drug-likeness (QED) is 0.207. The fraction of sp³-hybridized carbons (Fsp3) is 0.0333. The van der Waals surface area contributed by atoms with E-state index < -0.39 is 6.36 Å². The zero-order valence-electron chi connectivity index (χ0n) is 21.6. The largest absolute Gasteiger partial charge is 0.573 e. The molecule has 0 saturated carbocycles. The lowest BCUT2D eigenvalue weighted by Crippen LogP contribution is -2.17. The standard InChI is InChI=1S/C30H20F3N7O2/c31-30(32,33)42-21-6-3-5-18(17-21)26-22-7-1-2-8-23(22)27(40-39-26)37-19-10-12-20(13-11-19)41-28-24(9-4-15-35-28)25-14-16-36-29(34)38-25/h1-17H,(H,37,40)(H2,34,36,38). The highest BCUT2D eigenvalue weighted by Crippen LogP contribution is 2.35. The van der Waals surface area contributed by atoms with Crippen LogP contribution in [0.15, 0.2) is 103 Å². The smallest absolute Gasteiger partial charge is 0.438 e. The first kappa shape index (κ1) is 26.4. The Bertz CT molecular complexity index is 1880. The molecule has 6 aromatic rings. The van der Waals surface area contributed by atoms with E-state index in [1.165, 1.54) is 18.2 Å². The molecule has 0 fully saturated rings. The van der Waals surface area contributed by atoms with Crippen molar-refractivity contribution in [1.82, 2.24) is 25.1 Å². The van der Waals surface area contributed by atoms with Crippen molar-refractivity contribution in [3.63, 3.8) is 0 Å². The number of aromatic nitrogens is 5. The van der Waals surface area contributed by atoms with Gasteiger partial charge in [0, 0.05) is 34.4 Å². The molecule has 9 nitrogen and oxygen atoms in total. The lowest BCUT2D eigenvalue weighted by molar-refractivity contribution is -0.274. The van der Waals surface area contributed by atoms with Crippen LogP contribution in [0, 0.1) is 0 Å². The summed E-state index contributed by atoms with van der Waals surface area (Å²) in [5.41, 5.74) is 8.54. The van der Waals surface area contributed by atoms with Crippen LogP contribution in [0.25, 0.3) is 33.3 Å². The molecule has 208 valence electrons. The number of pyridine rings is 1. The van der Waals surface area contributed by atoms with E-state index in [1.807, 2.05) is 42.5 Å². The van der Waals surface area contributed by atoms with E-state index >= 15 is 0 Å². The summed E-state index contributed by atoms with van der Waals surface area (Å²) in [7, 11) is 0. The zero-order valence-corrected chi connectivity index (χ0v) is 21.6. The summed E-state index contributed by atoms with van der Waals surface area (Å²) < 4.78 is 48.3. The van der Waals surface area contributed by atoms with Gasteiger partial charge < -0.3 is 20.5 Å². The minimum atomic E-state index is -4.80. The summed E-state index contributed by atoms with van der Waals surface area (Å²) in [6.07, 6.45) is -1.62. The predicted octanol–water partition coefficient (Wildman–Crippen LogP) is 7.17. The topological polar surface area (TPSA) is 121 Å². The van der Waals surface area contributed by atoms with E-state index in [0.717, 1.165) is 5.39 Å². The molecule has 3 aromatic heterocycles. The molecule has 12 heteroatoms. The summed E-state index contributed by atoms with van der Waals surface area (Å²) in [6.45, 7) is 0. The molecule has 0 amide bonds. The Labute approximate surface area is 236 Å². The SMILES string of the molecule is Nc1nccc(-c2cccnc2Oc2ccc(Nc3nnc(-c4cccc(OC(F)(F)F)c4)c4ccccc34)cc2)n1. The second-order valence-corrected chi connectivity index (χ2v) is 8.93. The summed E-state index contributed by atoms with van der Waals surface area (Å²) in [4.78, 5) is 12.5. The van der Waals surface area contributed by atoms with Crippen LogP contribution in [0.5, 0.6) is 17.4 Å². The maximum absolute atomic E-state index is 12.7. The third-order valence-corrected chi connectivity index (χ3v) is 6.08. The number of nitrogen functional groups attached to an aromatic ring is 1. The number of halogens is 3. The van der Waals surface area contributed by atoms with Crippen LogP contribution in [-0.2, 0) is 0 Å². The van der Waals surface area contributed by atoms with Crippen molar-refractivity contribution in [3.8, 4) is 39.9 Å². The minimum absolute atomic E-state index is 0.144. The van der Waals surface area contributed by atoms with Gasteiger partial charge in [0.05, 0.1) is 11.3 Å². The molecule has 42 heavy (non-hydrogen) atoms. The number of rotatable bonds is 7. The van der Waals surface area contributed by atoms with Crippen molar-refractivity contribution >= 4 is 28.2 Å². The van der Waals surface area contributed by atoms with Gasteiger partial charge in [-0.2, -0.15) is 0 Å². The van der Waals surface area contributed by atoms with Crippen LogP contribution in [0.2, 0.25) is 0 Å². The molecule has 0 bridgehead atoms. The zero-order chi connectivity index (χ0) is 29.1. The predicted molar refractivity (Wildman–Crippen MR) is 151 cm³/mol. The van der Waals surface area contributed by atoms with E-state index in [4.69, 9.17) is 10.5 Å². The van der Waals surface area contributed by atoms with Gasteiger partial charge in [-0.05, 0) is 54.6 Å². The number of fused-ring (bicyclic) bond motifs is 1. The summed E-state index contributed by atoms with van der Waals surface area (Å²) in [5.74, 6) is 1.17. The van der Waals surface area contributed by atoms with Crippen molar-refractivity contribution in [2.45, 2.75) is 6.36 Å². The first-order valence-corrected chi connectivity index (χ1v) is 12.5. The Hall–Kier alpha value is -5.78. The number of hydrogen-bond acceptors (Lipinski definition) is 9. The minimum Gasteiger partial charge on any atom is -0.438 e. The van der Waals surface area contributed by atoms with Crippen molar-refractivity contribution in [3.05, 3.63) is 103 Å². The van der Waals surface area contributed by atoms with Crippen LogP contribution >= 0.6 is 0 Å². The Balaban J connectivity index is 1.25. The molecule has 0 unspecified atom stereocenters. The number of nitrogens with two attached hydrogens (primary N) is 1. The molecule has 6 rings (SSSR count). The number of nitrogens with one attached hydrogen (secondary N) is 1. The van der Waals surface area contributed by atoms with Crippen molar-refractivity contribution in [2.75, 3.05) is 11.1 Å².